The molecule has 0 saturated carbocycles. The first-order valence-corrected chi connectivity index (χ1v) is 9.83. The lowest BCUT2D eigenvalue weighted by Gasteiger charge is -2.37. The Hall–Kier alpha value is -2.46. The van der Waals surface area contributed by atoms with Gasteiger partial charge in [-0.3, -0.25) is 4.79 Å². The van der Waals surface area contributed by atoms with Gasteiger partial charge in [0.15, 0.2) is 11.6 Å². The normalized spacial score (nSPS) is 18.9. The molecule has 2 aromatic heterocycles. The Morgan fingerprint density at radius 1 is 1.17 bits per heavy atom. The summed E-state index contributed by atoms with van der Waals surface area (Å²) in [5.41, 5.74) is 1.28. The average molecular weight is 424 g/mol. The number of piperidine rings is 1. The average Bonchev–Trinajstić information content (AvgIpc) is 3.27. The van der Waals surface area contributed by atoms with Crippen LogP contribution in [0.3, 0.4) is 0 Å². The van der Waals surface area contributed by atoms with Gasteiger partial charge in [-0.1, -0.05) is 0 Å². The fraction of sp³-hybridized carbons (Fsp3) is 0.550. The highest BCUT2D eigenvalue weighted by molar-refractivity contribution is 5.79. The molecule has 0 aromatic carbocycles. The van der Waals surface area contributed by atoms with Crippen LogP contribution in [0.4, 0.5) is 13.2 Å². The maximum atomic E-state index is 12.8. The number of halogens is 3. The Kier molecular flexibility index (Phi) is 5.31. The number of aromatic nitrogens is 3. The summed E-state index contributed by atoms with van der Waals surface area (Å²) >= 11 is 0. The van der Waals surface area contributed by atoms with Crippen molar-refractivity contribution in [2.45, 2.75) is 45.1 Å². The molecule has 2 aliphatic rings. The van der Waals surface area contributed by atoms with Gasteiger partial charge in [-0.05, 0) is 26.0 Å². The van der Waals surface area contributed by atoms with Crippen LogP contribution in [0.5, 0.6) is 0 Å². The van der Waals surface area contributed by atoms with E-state index in [0.717, 1.165) is 17.8 Å². The number of carbonyl (C=O) groups is 1. The van der Waals surface area contributed by atoms with Crippen molar-refractivity contribution in [3.8, 4) is 5.82 Å². The number of aryl methyl sites for hydroxylation is 1. The third-order valence-electron chi connectivity index (χ3n) is 5.75. The summed E-state index contributed by atoms with van der Waals surface area (Å²) in [4.78, 5) is 18.5. The van der Waals surface area contributed by atoms with Crippen molar-refractivity contribution < 1.29 is 27.4 Å². The molecule has 0 unspecified atom stereocenters. The Morgan fingerprint density at radius 3 is 2.40 bits per heavy atom. The number of nitrogens with zero attached hydrogens (tertiary/aromatic N) is 4. The molecule has 0 bridgehead atoms. The van der Waals surface area contributed by atoms with E-state index in [1.807, 2.05) is 0 Å². The highest BCUT2D eigenvalue weighted by Crippen LogP contribution is 2.32. The van der Waals surface area contributed by atoms with Gasteiger partial charge in [0.2, 0.25) is 5.91 Å². The molecular weight excluding hydrogens is 401 g/mol. The summed E-state index contributed by atoms with van der Waals surface area (Å²) in [6, 6.07) is 2.25. The number of likely N-dealkylation sites (tertiary alicyclic amines) is 1. The van der Waals surface area contributed by atoms with Crippen LogP contribution in [0.25, 0.3) is 5.82 Å². The van der Waals surface area contributed by atoms with Gasteiger partial charge in [-0.15, -0.1) is 0 Å². The van der Waals surface area contributed by atoms with E-state index in [-0.39, 0.29) is 18.1 Å². The van der Waals surface area contributed by atoms with Crippen LogP contribution >= 0.6 is 0 Å². The molecule has 2 saturated heterocycles. The van der Waals surface area contributed by atoms with E-state index >= 15 is 0 Å². The molecule has 0 aliphatic carbocycles. The largest absolute Gasteiger partial charge is 0.417 e. The second kappa shape index (κ2) is 7.66. The topological polar surface area (TPSA) is 69.5 Å². The van der Waals surface area contributed by atoms with E-state index in [4.69, 9.17) is 9.47 Å². The summed E-state index contributed by atoms with van der Waals surface area (Å²) < 4.78 is 51.2. The van der Waals surface area contributed by atoms with Crippen molar-refractivity contribution in [2.75, 3.05) is 26.3 Å². The van der Waals surface area contributed by atoms with Crippen molar-refractivity contribution in [1.82, 2.24) is 19.7 Å². The minimum atomic E-state index is -4.44. The smallest absolute Gasteiger partial charge is 0.347 e. The lowest BCUT2D eigenvalue weighted by molar-refractivity contribution is -0.187. The lowest BCUT2D eigenvalue weighted by Crippen LogP contribution is -2.47. The summed E-state index contributed by atoms with van der Waals surface area (Å²) in [6.07, 6.45) is -2.20. The van der Waals surface area contributed by atoms with Crippen LogP contribution in [-0.2, 0) is 26.9 Å². The minimum Gasteiger partial charge on any atom is -0.347 e. The van der Waals surface area contributed by atoms with Crippen molar-refractivity contribution in [3.05, 3.63) is 40.8 Å². The molecule has 0 atom stereocenters. The van der Waals surface area contributed by atoms with Gasteiger partial charge < -0.3 is 14.4 Å². The highest BCUT2D eigenvalue weighted by atomic mass is 19.4. The van der Waals surface area contributed by atoms with Crippen LogP contribution in [0.2, 0.25) is 0 Å². The molecular formula is C20H23F3N4O3. The molecule has 0 N–H and O–H groups in total. The predicted octanol–water partition coefficient (Wildman–Crippen LogP) is 2.81. The van der Waals surface area contributed by atoms with Crippen LogP contribution in [0.1, 0.15) is 35.4 Å². The van der Waals surface area contributed by atoms with E-state index < -0.39 is 17.5 Å². The Labute approximate surface area is 171 Å². The zero-order chi connectivity index (χ0) is 21.5. The third-order valence-corrected chi connectivity index (χ3v) is 5.75. The molecule has 1 spiro atoms. The maximum Gasteiger partial charge on any atom is 0.417 e. The van der Waals surface area contributed by atoms with Gasteiger partial charge >= 0.3 is 6.18 Å². The SMILES string of the molecule is Cc1nn(-c2ccc(C(F)(F)F)cn2)c(C)c1CC(=O)N1CCC2(CC1)OCCO2. The molecule has 2 aromatic rings. The van der Waals surface area contributed by atoms with Gasteiger partial charge in [0.25, 0.3) is 0 Å². The molecule has 10 heteroatoms. The van der Waals surface area contributed by atoms with Crippen molar-refractivity contribution >= 4 is 5.91 Å². The molecule has 4 heterocycles. The van der Waals surface area contributed by atoms with Gasteiger partial charge in [-0.2, -0.15) is 18.3 Å². The molecule has 7 nitrogen and oxygen atoms in total. The first kappa shape index (κ1) is 20.8. The molecule has 4 rings (SSSR count). The van der Waals surface area contributed by atoms with Crippen molar-refractivity contribution in [2.24, 2.45) is 0 Å². The van der Waals surface area contributed by atoms with Crippen LogP contribution in [0, 0.1) is 13.8 Å². The van der Waals surface area contributed by atoms with Gasteiger partial charge in [0, 0.05) is 43.4 Å². The quantitative estimate of drug-likeness (QED) is 0.758. The zero-order valence-corrected chi connectivity index (χ0v) is 16.8. The summed E-state index contributed by atoms with van der Waals surface area (Å²) in [5.74, 6) is -0.284. The first-order chi connectivity index (χ1) is 14.2. The fourth-order valence-electron chi connectivity index (χ4n) is 3.98. The second-order valence-electron chi connectivity index (χ2n) is 7.63. The van der Waals surface area contributed by atoms with Crippen molar-refractivity contribution in [1.29, 1.82) is 0 Å². The molecule has 0 radical (unpaired) electrons. The number of ether oxygens (including phenoxy) is 2. The number of alkyl halides is 3. The monoisotopic (exact) mass is 424 g/mol. The second-order valence-corrected chi connectivity index (χ2v) is 7.63. The third kappa shape index (κ3) is 3.93. The predicted molar refractivity (Wildman–Crippen MR) is 100.0 cm³/mol. The van der Waals surface area contributed by atoms with Crippen molar-refractivity contribution in [3.63, 3.8) is 0 Å². The number of pyridine rings is 1. The van der Waals surface area contributed by atoms with E-state index in [1.165, 1.54) is 10.7 Å². The molecule has 2 aliphatic heterocycles. The maximum absolute atomic E-state index is 12.8. The number of carbonyl (C=O) groups excluding carboxylic acids is 1. The van der Waals surface area contributed by atoms with Crippen LogP contribution in [-0.4, -0.2) is 57.7 Å². The number of rotatable bonds is 3. The van der Waals surface area contributed by atoms with E-state index in [9.17, 15) is 18.0 Å². The first-order valence-electron chi connectivity index (χ1n) is 9.83. The molecule has 30 heavy (non-hydrogen) atoms. The van der Waals surface area contributed by atoms with E-state index in [0.29, 0.717) is 50.5 Å². The van der Waals surface area contributed by atoms with Gasteiger partial charge in [0.05, 0.1) is 30.9 Å². The van der Waals surface area contributed by atoms with Gasteiger partial charge in [0.1, 0.15) is 0 Å². The minimum absolute atomic E-state index is 0.0195. The Bertz CT molecular complexity index is 924. The van der Waals surface area contributed by atoms with E-state index in [1.54, 1.807) is 18.7 Å². The molecule has 162 valence electrons. The summed E-state index contributed by atoms with van der Waals surface area (Å²) in [6.45, 7) is 5.86. The molecule has 1 amide bonds. The number of amides is 1. The standard InChI is InChI=1S/C20H23F3N4O3/c1-13-16(11-18(28)26-7-5-19(6-8-26)29-9-10-30-19)14(2)27(25-13)17-4-3-15(12-24-17)20(21,22)23/h3-4,12H,5-11H2,1-2H3. The summed E-state index contributed by atoms with van der Waals surface area (Å²) in [7, 11) is 0. The zero-order valence-electron chi connectivity index (χ0n) is 16.8. The lowest BCUT2D eigenvalue weighted by atomic mass is 10.0. The van der Waals surface area contributed by atoms with Gasteiger partial charge in [-0.25, -0.2) is 9.67 Å². The van der Waals surface area contributed by atoms with Crippen LogP contribution < -0.4 is 0 Å². The Balaban J connectivity index is 1.47. The Morgan fingerprint density at radius 2 is 1.83 bits per heavy atom. The van der Waals surface area contributed by atoms with E-state index in [2.05, 4.69) is 10.1 Å². The number of hydrogen-bond donors (Lipinski definition) is 0. The highest BCUT2D eigenvalue weighted by Gasteiger charge is 2.40. The number of hydrogen-bond acceptors (Lipinski definition) is 5. The fourth-order valence-corrected chi connectivity index (χ4v) is 3.98. The van der Waals surface area contributed by atoms with Crippen LogP contribution in [0.15, 0.2) is 18.3 Å². The molecule has 2 fully saturated rings. The summed E-state index contributed by atoms with van der Waals surface area (Å²) in [5, 5.41) is 4.39.